The van der Waals surface area contributed by atoms with Crippen molar-refractivity contribution in [2.75, 3.05) is 26.8 Å². The largest absolute Gasteiger partial charge is 0.497 e. The van der Waals surface area contributed by atoms with Gasteiger partial charge in [-0.25, -0.2) is 0 Å². The van der Waals surface area contributed by atoms with E-state index < -0.39 is 11.5 Å². The zero-order valence-corrected chi connectivity index (χ0v) is 16.5. The van der Waals surface area contributed by atoms with Gasteiger partial charge in [-0.2, -0.15) is 10.2 Å². The van der Waals surface area contributed by atoms with Crippen molar-refractivity contribution in [2.24, 2.45) is 5.41 Å². The molecule has 152 valence electrons. The molecule has 8 nitrogen and oxygen atoms in total. The first-order valence-corrected chi connectivity index (χ1v) is 9.95. The van der Waals surface area contributed by atoms with Gasteiger partial charge in [-0.3, -0.25) is 4.79 Å². The molecule has 2 aromatic rings. The Labute approximate surface area is 169 Å². The molecule has 1 unspecified atom stereocenters. The van der Waals surface area contributed by atoms with Crippen LogP contribution in [0.1, 0.15) is 44.0 Å². The summed E-state index contributed by atoms with van der Waals surface area (Å²) in [5.41, 5.74) is -0.120. The number of rotatable bonds is 4. The summed E-state index contributed by atoms with van der Waals surface area (Å²) < 4.78 is 16.4. The minimum Gasteiger partial charge on any atom is -0.497 e. The minimum atomic E-state index is -0.897. The van der Waals surface area contributed by atoms with Crippen molar-refractivity contribution in [1.29, 1.82) is 5.26 Å². The normalized spacial score (nSPS) is 21.4. The molecule has 0 bridgehead atoms. The molecule has 0 spiro atoms. The number of carbonyl (C=O) groups excluding carboxylic acids is 1. The number of ether oxygens (including phenoxy) is 2. The maximum absolute atomic E-state index is 13.1. The van der Waals surface area contributed by atoms with Gasteiger partial charge in [0.2, 0.25) is 11.7 Å². The van der Waals surface area contributed by atoms with Crippen molar-refractivity contribution < 1.29 is 18.8 Å². The van der Waals surface area contributed by atoms with Crippen molar-refractivity contribution in [3.63, 3.8) is 0 Å². The lowest BCUT2D eigenvalue weighted by molar-refractivity contribution is -0.148. The summed E-state index contributed by atoms with van der Waals surface area (Å²) in [5, 5.41) is 13.8. The van der Waals surface area contributed by atoms with Gasteiger partial charge < -0.3 is 18.9 Å². The summed E-state index contributed by atoms with van der Waals surface area (Å²) >= 11 is 0. The third-order valence-corrected chi connectivity index (χ3v) is 5.75. The number of hydrogen-bond acceptors (Lipinski definition) is 7. The molecule has 1 amide bonds. The molecule has 1 aliphatic heterocycles. The maximum atomic E-state index is 13.1. The number of methoxy groups -OCH3 is 1. The topological polar surface area (TPSA) is 101 Å². The molecule has 4 rings (SSSR count). The summed E-state index contributed by atoms with van der Waals surface area (Å²) in [6.45, 7) is 1.18. The van der Waals surface area contributed by atoms with E-state index in [2.05, 4.69) is 16.2 Å². The number of carbonyl (C=O) groups is 1. The van der Waals surface area contributed by atoms with E-state index in [9.17, 15) is 10.1 Å². The highest BCUT2D eigenvalue weighted by Crippen LogP contribution is 2.38. The van der Waals surface area contributed by atoms with E-state index in [4.69, 9.17) is 14.0 Å². The molecule has 1 aromatic carbocycles. The molecule has 1 atom stereocenters. The van der Waals surface area contributed by atoms with E-state index in [0.717, 1.165) is 30.6 Å². The van der Waals surface area contributed by atoms with Crippen LogP contribution in [0.3, 0.4) is 0 Å². The Kier molecular flexibility index (Phi) is 5.49. The van der Waals surface area contributed by atoms with E-state index in [-0.39, 0.29) is 5.91 Å². The first kappa shape index (κ1) is 19.4. The third kappa shape index (κ3) is 3.83. The number of aromatic nitrogens is 2. The quantitative estimate of drug-likeness (QED) is 0.782. The number of amides is 1. The third-order valence-electron chi connectivity index (χ3n) is 5.75. The summed E-state index contributed by atoms with van der Waals surface area (Å²) in [6, 6.07) is 9.64. The second kappa shape index (κ2) is 8.21. The van der Waals surface area contributed by atoms with Crippen LogP contribution in [0.25, 0.3) is 11.5 Å². The van der Waals surface area contributed by atoms with E-state index >= 15 is 0 Å². The van der Waals surface area contributed by atoms with Crippen molar-refractivity contribution >= 4 is 5.91 Å². The highest BCUT2D eigenvalue weighted by Gasteiger charge is 2.44. The predicted octanol–water partition coefficient (Wildman–Crippen LogP) is 3.12. The molecule has 1 saturated carbocycles. The summed E-state index contributed by atoms with van der Waals surface area (Å²) in [5.74, 6) is 1.44. The van der Waals surface area contributed by atoms with Crippen LogP contribution in [0.15, 0.2) is 28.8 Å². The Morgan fingerprint density at radius 3 is 2.72 bits per heavy atom. The van der Waals surface area contributed by atoms with Gasteiger partial charge in [-0.15, -0.1) is 0 Å². The van der Waals surface area contributed by atoms with E-state index in [1.165, 1.54) is 0 Å². The van der Waals surface area contributed by atoms with E-state index in [0.29, 0.717) is 44.3 Å². The van der Waals surface area contributed by atoms with Crippen LogP contribution in [-0.4, -0.2) is 47.8 Å². The molecule has 2 aliphatic rings. The first-order valence-electron chi connectivity index (χ1n) is 9.95. The number of morpholine rings is 1. The first-order chi connectivity index (χ1) is 14.1. The number of benzene rings is 1. The lowest BCUT2D eigenvalue weighted by Crippen LogP contribution is -2.49. The van der Waals surface area contributed by atoms with Crippen molar-refractivity contribution in [3.05, 3.63) is 30.1 Å². The summed E-state index contributed by atoms with van der Waals surface area (Å²) in [7, 11) is 1.61. The summed E-state index contributed by atoms with van der Waals surface area (Å²) in [6.07, 6.45) is 3.72. The predicted molar refractivity (Wildman–Crippen MR) is 103 cm³/mol. The molecule has 2 heterocycles. The molecular weight excluding hydrogens is 372 g/mol. The van der Waals surface area contributed by atoms with Crippen LogP contribution in [-0.2, 0) is 9.53 Å². The van der Waals surface area contributed by atoms with Gasteiger partial charge in [-0.1, -0.05) is 24.4 Å². The van der Waals surface area contributed by atoms with Crippen LogP contribution >= 0.6 is 0 Å². The van der Waals surface area contributed by atoms with E-state index in [1.54, 1.807) is 12.0 Å². The highest BCUT2D eigenvalue weighted by molar-refractivity contribution is 5.85. The Morgan fingerprint density at radius 1 is 1.28 bits per heavy atom. The molecule has 0 N–H and O–H groups in total. The Bertz CT molecular complexity index is 896. The van der Waals surface area contributed by atoms with Crippen LogP contribution in [0.2, 0.25) is 0 Å². The van der Waals surface area contributed by atoms with Crippen molar-refractivity contribution in [2.45, 2.75) is 38.2 Å². The highest BCUT2D eigenvalue weighted by atomic mass is 16.5. The lowest BCUT2D eigenvalue weighted by atomic mass is 9.74. The smallest absolute Gasteiger partial charge is 0.258 e. The van der Waals surface area contributed by atoms with E-state index in [1.807, 2.05) is 24.3 Å². The molecule has 0 radical (unpaired) electrons. The fourth-order valence-electron chi connectivity index (χ4n) is 4.04. The average molecular weight is 396 g/mol. The molecule has 1 aromatic heterocycles. The average Bonchev–Trinajstić information content (AvgIpc) is 3.29. The molecule has 29 heavy (non-hydrogen) atoms. The molecule has 2 fully saturated rings. The molecule has 1 saturated heterocycles. The molecule has 8 heteroatoms. The van der Waals surface area contributed by atoms with Crippen LogP contribution < -0.4 is 4.74 Å². The minimum absolute atomic E-state index is 0.0909. The zero-order valence-electron chi connectivity index (χ0n) is 16.5. The standard InChI is InChI=1S/C21H24N4O4/c1-27-16-7-5-15(6-8-16)19-23-18(24-29-19)17-13-25(11-12-28-17)20(26)21(14-22)9-3-2-4-10-21/h5-8,17H,2-4,9-13H2,1H3. The number of nitrogens with zero attached hydrogens (tertiary/aromatic N) is 4. The number of hydrogen-bond donors (Lipinski definition) is 0. The lowest BCUT2D eigenvalue weighted by Gasteiger charge is -2.38. The van der Waals surface area contributed by atoms with Gasteiger partial charge in [0.1, 0.15) is 17.3 Å². The SMILES string of the molecule is COc1ccc(-c2nc(C3CN(C(=O)C4(C#N)CCCCC4)CCO3)no2)cc1. The number of nitriles is 1. The second-order valence-electron chi connectivity index (χ2n) is 7.55. The Hall–Kier alpha value is -2.92. The van der Waals surface area contributed by atoms with Crippen molar-refractivity contribution in [1.82, 2.24) is 15.0 Å². The fourth-order valence-corrected chi connectivity index (χ4v) is 4.04. The Morgan fingerprint density at radius 2 is 2.03 bits per heavy atom. The Balaban J connectivity index is 1.48. The van der Waals surface area contributed by atoms with Crippen LogP contribution in [0, 0.1) is 16.7 Å². The van der Waals surface area contributed by atoms with Gasteiger partial charge in [-0.05, 0) is 37.1 Å². The second-order valence-corrected chi connectivity index (χ2v) is 7.55. The van der Waals surface area contributed by atoms with Gasteiger partial charge in [0, 0.05) is 12.1 Å². The monoisotopic (exact) mass is 396 g/mol. The van der Waals surface area contributed by atoms with Gasteiger partial charge >= 0.3 is 0 Å². The van der Waals surface area contributed by atoms with Crippen LogP contribution in [0.4, 0.5) is 0 Å². The van der Waals surface area contributed by atoms with Gasteiger partial charge in [0.25, 0.3) is 5.89 Å². The molecular formula is C21H24N4O4. The fraction of sp³-hybridized carbons (Fsp3) is 0.524. The van der Waals surface area contributed by atoms with Gasteiger partial charge in [0.05, 0.1) is 26.3 Å². The zero-order chi connectivity index (χ0) is 20.3. The summed E-state index contributed by atoms with van der Waals surface area (Å²) in [4.78, 5) is 19.3. The molecule has 1 aliphatic carbocycles. The maximum Gasteiger partial charge on any atom is 0.258 e. The van der Waals surface area contributed by atoms with Gasteiger partial charge in [0.15, 0.2) is 0 Å². The van der Waals surface area contributed by atoms with Crippen molar-refractivity contribution in [3.8, 4) is 23.3 Å². The van der Waals surface area contributed by atoms with Crippen LogP contribution in [0.5, 0.6) is 5.75 Å².